The van der Waals surface area contributed by atoms with E-state index < -0.39 is 0 Å². The van der Waals surface area contributed by atoms with Gasteiger partial charge < -0.3 is 5.32 Å². The minimum atomic E-state index is 0.260. The quantitative estimate of drug-likeness (QED) is 0.645. The third kappa shape index (κ3) is 2.29. The zero-order valence-electron chi connectivity index (χ0n) is 8.13. The van der Waals surface area contributed by atoms with Crippen LogP contribution < -0.4 is 5.32 Å². The Morgan fingerprint density at radius 2 is 1.92 bits per heavy atom. The first-order valence-corrected chi connectivity index (χ1v) is 4.57. The van der Waals surface area contributed by atoms with Crippen molar-refractivity contribution < 1.29 is 4.79 Å². The van der Waals surface area contributed by atoms with E-state index in [-0.39, 0.29) is 5.78 Å². The molecule has 1 N–H and O–H groups in total. The third-order valence-corrected chi connectivity index (χ3v) is 2.42. The van der Waals surface area contributed by atoms with Gasteiger partial charge in [0.25, 0.3) is 0 Å². The lowest BCUT2D eigenvalue weighted by molar-refractivity contribution is -0.119. The average molecular weight is 170 g/mol. The molecule has 3 nitrogen and oxygen atoms in total. The molecule has 0 saturated carbocycles. The molecular formula is C9H18N2O. The van der Waals surface area contributed by atoms with Crippen LogP contribution in [0.2, 0.25) is 0 Å². The molecule has 0 aromatic carbocycles. The summed E-state index contributed by atoms with van der Waals surface area (Å²) in [4.78, 5) is 13.2. The number of piperazine rings is 1. The monoisotopic (exact) mass is 170 g/mol. The van der Waals surface area contributed by atoms with Crippen LogP contribution in [0.15, 0.2) is 0 Å². The molecule has 0 aliphatic carbocycles. The van der Waals surface area contributed by atoms with Gasteiger partial charge in [0, 0.05) is 25.2 Å². The van der Waals surface area contributed by atoms with E-state index in [1.807, 2.05) is 0 Å². The van der Waals surface area contributed by atoms with Crippen molar-refractivity contribution in [1.82, 2.24) is 10.2 Å². The zero-order valence-corrected chi connectivity index (χ0v) is 8.13. The standard InChI is InChI=1S/C9H18N2O/c1-7-4-10-5-8(2)11(7)6-9(3)12/h7-8,10H,4-6H2,1-3H3. The highest BCUT2D eigenvalue weighted by molar-refractivity contribution is 5.77. The predicted octanol–water partition coefficient (Wildman–Crippen LogP) is 0.258. The molecule has 1 aliphatic heterocycles. The van der Waals surface area contributed by atoms with E-state index in [0.29, 0.717) is 18.6 Å². The van der Waals surface area contributed by atoms with Gasteiger partial charge in [0.1, 0.15) is 5.78 Å². The number of nitrogens with one attached hydrogen (secondary N) is 1. The molecule has 0 aromatic heterocycles. The fourth-order valence-electron chi connectivity index (χ4n) is 1.74. The van der Waals surface area contributed by atoms with Gasteiger partial charge in [0.05, 0.1) is 6.54 Å². The SMILES string of the molecule is CC(=O)CN1C(C)CNCC1C. The number of rotatable bonds is 2. The fourth-order valence-corrected chi connectivity index (χ4v) is 1.74. The van der Waals surface area contributed by atoms with Crippen LogP contribution in [0, 0.1) is 0 Å². The summed E-state index contributed by atoms with van der Waals surface area (Å²) in [7, 11) is 0. The molecule has 3 heteroatoms. The number of hydrogen-bond donors (Lipinski definition) is 1. The Morgan fingerprint density at radius 3 is 2.33 bits per heavy atom. The topological polar surface area (TPSA) is 32.3 Å². The van der Waals surface area contributed by atoms with Crippen molar-refractivity contribution in [3.05, 3.63) is 0 Å². The number of nitrogens with zero attached hydrogens (tertiary/aromatic N) is 1. The summed E-state index contributed by atoms with van der Waals surface area (Å²) in [6.45, 7) is 8.57. The molecule has 2 unspecified atom stereocenters. The van der Waals surface area contributed by atoms with Crippen LogP contribution >= 0.6 is 0 Å². The second-order valence-corrected chi connectivity index (χ2v) is 3.73. The maximum absolute atomic E-state index is 10.9. The van der Waals surface area contributed by atoms with Crippen LogP contribution in [0.4, 0.5) is 0 Å². The lowest BCUT2D eigenvalue weighted by atomic mass is 10.1. The molecular weight excluding hydrogens is 152 g/mol. The maximum Gasteiger partial charge on any atom is 0.143 e. The van der Waals surface area contributed by atoms with Crippen LogP contribution in [0.3, 0.4) is 0 Å². The highest BCUT2D eigenvalue weighted by atomic mass is 16.1. The van der Waals surface area contributed by atoms with E-state index in [9.17, 15) is 4.79 Å². The molecule has 0 bridgehead atoms. The Balaban J connectivity index is 2.50. The first-order valence-electron chi connectivity index (χ1n) is 4.57. The Kier molecular flexibility index (Phi) is 3.23. The molecule has 70 valence electrons. The summed E-state index contributed by atoms with van der Waals surface area (Å²) in [5.74, 6) is 0.260. The molecule has 1 heterocycles. The molecule has 1 saturated heterocycles. The normalized spacial score (nSPS) is 31.9. The van der Waals surface area contributed by atoms with Crippen LogP contribution in [-0.2, 0) is 4.79 Å². The van der Waals surface area contributed by atoms with Crippen molar-refractivity contribution >= 4 is 5.78 Å². The van der Waals surface area contributed by atoms with Crippen molar-refractivity contribution in [2.45, 2.75) is 32.9 Å². The smallest absolute Gasteiger partial charge is 0.143 e. The van der Waals surface area contributed by atoms with Crippen LogP contribution in [0.1, 0.15) is 20.8 Å². The first-order chi connectivity index (χ1) is 5.61. The number of Topliss-reactive ketones (excluding diaryl/α,β-unsaturated/α-hetero) is 1. The van der Waals surface area contributed by atoms with Crippen molar-refractivity contribution in [3.63, 3.8) is 0 Å². The number of ketones is 1. The van der Waals surface area contributed by atoms with E-state index in [2.05, 4.69) is 24.1 Å². The van der Waals surface area contributed by atoms with Crippen molar-refractivity contribution in [2.75, 3.05) is 19.6 Å². The zero-order chi connectivity index (χ0) is 9.14. The van der Waals surface area contributed by atoms with Gasteiger partial charge in [-0.2, -0.15) is 0 Å². The van der Waals surface area contributed by atoms with Gasteiger partial charge in [-0.25, -0.2) is 0 Å². The van der Waals surface area contributed by atoms with Crippen LogP contribution in [0.5, 0.6) is 0 Å². The summed E-state index contributed by atoms with van der Waals surface area (Å²) in [5.41, 5.74) is 0. The highest BCUT2D eigenvalue weighted by Crippen LogP contribution is 2.08. The van der Waals surface area contributed by atoms with Crippen molar-refractivity contribution in [2.24, 2.45) is 0 Å². The Hall–Kier alpha value is -0.410. The van der Waals surface area contributed by atoms with E-state index in [1.54, 1.807) is 6.92 Å². The molecule has 12 heavy (non-hydrogen) atoms. The molecule has 0 radical (unpaired) electrons. The van der Waals surface area contributed by atoms with E-state index in [0.717, 1.165) is 13.1 Å². The van der Waals surface area contributed by atoms with Gasteiger partial charge in [0.15, 0.2) is 0 Å². The molecule has 1 aliphatic rings. The number of hydrogen-bond acceptors (Lipinski definition) is 3. The van der Waals surface area contributed by atoms with Crippen molar-refractivity contribution in [3.8, 4) is 0 Å². The Bertz CT molecular complexity index is 160. The Morgan fingerprint density at radius 1 is 1.42 bits per heavy atom. The van der Waals surface area contributed by atoms with Gasteiger partial charge in [-0.1, -0.05) is 0 Å². The summed E-state index contributed by atoms with van der Waals surface area (Å²) in [6, 6.07) is 0.968. The highest BCUT2D eigenvalue weighted by Gasteiger charge is 2.24. The molecule has 0 spiro atoms. The summed E-state index contributed by atoms with van der Waals surface area (Å²) in [5, 5.41) is 3.33. The molecule has 1 fully saturated rings. The summed E-state index contributed by atoms with van der Waals surface area (Å²) < 4.78 is 0. The molecule has 0 amide bonds. The van der Waals surface area contributed by atoms with Gasteiger partial charge in [0.2, 0.25) is 0 Å². The van der Waals surface area contributed by atoms with Crippen LogP contribution in [-0.4, -0.2) is 42.4 Å². The second kappa shape index (κ2) is 4.01. The van der Waals surface area contributed by atoms with Gasteiger partial charge in [-0.05, 0) is 20.8 Å². The van der Waals surface area contributed by atoms with Gasteiger partial charge in [-0.3, -0.25) is 9.69 Å². The van der Waals surface area contributed by atoms with Crippen molar-refractivity contribution in [1.29, 1.82) is 0 Å². The molecule has 2 atom stereocenters. The largest absolute Gasteiger partial charge is 0.314 e. The lowest BCUT2D eigenvalue weighted by Gasteiger charge is -2.38. The first kappa shape index (κ1) is 9.68. The summed E-state index contributed by atoms with van der Waals surface area (Å²) >= 11 is 0. The lowest BCUT2D eigenvalue weighted by Crippen LogP contribution is -2.56. The van der Waals surface area contributed by atoms with E-state index in [4.69, 9.17) is 0 Å². The van der Waals surface area contributed by atoms with Gasteiger partial charge >= 0.3 is 0 Å². The minimum absolute atomic E-state index is 0.260. The maximum atomic E-state index is 10.9. The predicted molar refractivity (Wildman–Crippen MR) is 49.2 cm³/mol. The third-order valence-electron chi connectivity index (χ3n) is 2.42. The minimum Gasteiger partial charge on any atom is -0.314 e. The Labute approximate surface area is 74.1 Å². The number of carbonyl (C=O) groups is 1. The second-order valence-electron chi connectivity index (χ2n) is 3.73. The fraction of sp³-hybridized carbons (Fsp3) is 0.889. The molecule has 1 rings (SSSR count). The van der Waals surface area contributed by atoms with E-state index in [1.165, 1.54) is 0 Å². The van der Waals surface area contributed by atoms with Gasteiger partial charge in [-0.15, -0.1) is 0 Å². The summed E-state index contributed by atoms with van der Waals surface area (Å²) in [6.07, 6.45) is 0. The van der Waals surface area contributed by atoms with Crippen LogP contribution in [0.25, 0.3) is 0 Å². The molecule has 0 aromatic rings. The number of carbonyl (C=O) groups excluding carboxylic acids is 1. The van der Waals surface area contributed by atoms with E-state index >= 15 is 0 Å². The average Bonchev–Trinajstić information content (AvgIpc) is 1.97.